The molecule has 1 aromatic rings. The van der Waals surface area contributed by atoms with Crippen LogP contribution >= 0.6 is 0 Å². The third-order valence-corrected chi connectivity index (χ3v) is 3.24. The molecule has 0 aromatic heterocycles. The summed E-state index contributed by atoms with van der Waals surface area (Å²) in [5.74, 6) is -2.58. The van der Waals surface area contributed by atoms with Gasteiger partial charge in [0.25, 0.3) is 0 Å². The zero-order valence-electron chi connectivity index (χ0n) is 14.5. The maximum Gasteiger partial charge on any atom is 0.303 e. The molecular weight excluding hydrogens is 328 g/mol. The van der Waals surface area contributed by atoms with E-state index in [0.717, 1.165) is 19.4 Å². The number of hydrogen-bond acceptors (Lipinski definition) is 7. The lowest BCUT2D eigenvalue weighted by atomic mass is 10.0. The lowest BCUT2D eigenvalue weighted by molar-refractivity contribution is -0.172. The van der Waals surface area contributed by atoms with Crippen LogP contribution in [0.15, 0.2) is 30.3 Å². The molecule has 2 atom stereocenters. The number of hydrogen-bond donors (Lipinski definition) is 0. The number of carbonyl (C=O) groups excluding carboxylic acids is 4. The summed E-state index contributed by atoms with van der Waals surface area (Å²) >= 11 is 0. The van der Waals surface area contributed by atoms with Crippen LogP contribution in [-0.2, 0) is 39.8 Å². The van der Waals surface area contributed by atoms with E-state index >= 15 is 0 Å². The first kappa shape index (κ1) is 20.3. The van der Waals surface area contributed by atoms with Crippen molar-refractivity contribution in [3.63, 3.8) is 0 Å². The Bertz CT molecular complexity index is 609. The fraction of sp³-hybridized carbons (Fsp3) is 0.444. The molecule has 7 nitrogen and oxygen atoms in total. The summed E-state index contributed by atoms with van der Waals surface area (Å²) in [4.78, 5) is 45.9. The molecule has 0 spiro atoms. The first-order valence-electron chi connectivity index (χ1n) is 7.84. The SMILES string of the molecule is CC(=O)OCC(=O)[C@H](OC(C)=O)[C@H](CCc1ccccc1)OC(C)=O. The van der Waals surface area contributed by atoms with E-state index in [2.05, 4.69) is 4.74 Å². The van der Waals surface area contributed by atoms with E-state index in [0.29, 0.717) is 6.42 Å². The molecule has 7 heteroatoms. The Hall–Kier alpha value is -2.70. The summed E-state index contributed by atoms with van der Waals surface area (Å²) in [6.07, 6.45) is -1.51. The van der Waals surface area contributed by atoms with Crippen LogP contribution in [0.3, 0.4) is 0 Å². The van der Waals surface area contributed by atoms with Gasteiger partial charge in [-0.1, -0.05) is 30.3 Å². The molecule has 0 saturated carbocycles. The van der Waals surface area contributed by atoms with E-state index in [-0.39, 0.29) is 6.42 Å². The van der Waals surface area contributed by atoms with Gasteiger partial charge < -0.3 is 14.2 Å². The molecule has 0 aliphatic heterocycles. The fourth-order valence-electron chi connectivity index (χ4n) is 2.22. The van der Waals surface area contributed by atoms with Gasteiger partial charge in [-0.25, -0.2) is 0 Å². The van der Waals surface area contributed by atoms with Crippen molar-refractivity contribution in [2.24, 2.45) is 0 Å². The van der Waals surface area contributed by atoms with Crippen molar-refractivity contribution in [1.29, 1.82) is 0 Å². The third kappa shape index (κ3) is 8.10. The van der Waals surface area contributed by atoms with E-state index in [9.17, 15) is 19.2 Å². The monoisotopic (exact) mass is 350 g/mol. The Labute approximate surface area is 146 Å². The number of ketones is 1. The van der Waals surface area contributed by atoms with Gasteiger partial charge in [0.2, 0.25) is 5.78 Å². The molecule has 25 heavy (non-hydrogen) atoms. The second-order valence-corrected chi connectivity index (χ2v) is 5.45. The van der Waals surface area contributed by atoms with Gasteiger partial charge in [0.05, 0.1) is 0 Å². The lowest BCUT2D eigenvalue weighted by Gasteiger charge is -2.25. The molecule has 0 bridgehead atoms. The average Bonchev–Trinajstić information content (AvgIpc) is 2.54. The average molecular weight is 350 g/mol. The Morgan fingerprint density at radius 1 is 0.880 bits per heavy atom. The van der Waals surface area contributed by atoms with Gasteiger partial charge >= 0.3 is 17.9 Å². The predicted molar refractivity (Wildman–Crippen MR) is 87.5 cm³/mol. The quantitative estimate of drug-likeness (QED) is 0.493. The van der Waals surface area contributed by atoms with Crippen LogP contribution in [0, 0.1) is 0 Å². The molecule has 1 aromatic carbocycles. The summed E-state index contributed by atoms with van der Waals surface area (Å²) < 4.78 is 14.9. The van der Waals surface area contributed by atoms with E-state index < -0.39 is 42.5 Å². The van der Waals surface area contributed by atoms with Gasteiger partial charge in [-0.3, -0.25) is 19.2 Å². The molecule has 0 radical (unpaired) electrons. The van der Waals surface area contributed by atoms with Gasteiger partial charge in [0.15, 0.2) is 12.7 Å². The highest BCUT2D eigenvalue weighted by molar-refractivity contribution is 5.88. The minimum atomic E-state index is -1.33. The Morgan fingerprint density at radius 3 is 2.00 bits per heavy atom. The Morgan fingerprint density at radius 2 is 1.48 bits per heavy atom. The number of rotatable bonds is 9. The van der Waals surface area contributed by atoms with Gasteiger partial charge in [-0.15, -0.1) is 0 Å². The van der Waals surface area contributed by atoms with Crippen molar-refractivity contribution in [3.05, 3.63) is 35.9 Å². The van der Waals surface area contributed by atoms with Crippen molar-refractivity contribution >= 4 is 23.7 Å². The molecule has 0 aliphatic carbocycles. The second kappa shape index (κ2) is 10.2. The Kier molecular flexibility index (Phi) is 8.32. The first-order chi connectivity index (χ1) is 11.8. The van der Waals surface area contributed by atoms with E-state index in [1.54, 1.807) is 0 Å². The van der Waals surface area contributed by atoms with Crippen LogP contribution in [0.25, 0.3) is 0 Å². The van der Waals surface area contributed by atoms with Crippen molar-refractivity contribution in [1.82, 2.24) is 0 Å². The molecule has 0 aliphatic rings. The van der Waals surface area contributed by atoms with Gasteiger partial charge in [-0.2, -0.15) is 0 Å². The maximum atomic E-state index is 12.3. The molecule has 0 saturated heterocycles. The zero-order chi connectivity index (χ0) is 18.8. The van der Waals surface area contributed by atoms with Crippen LogP contribution in [-0.4, -0.2) is 42.5 Å². The fourth-order valence-corrected chi connectivity index (χ4v) is 2.22. The number of esters is 3. The highest BCUT2D eigenvalue weighted by Gasteiger charge is 2.34. The number of aryl methyl sites for hydroxylation is 1. The minimum Gasteiger partial charge on any atom is -0.458 e. The molecule has 0 amide bonds. The highest BCUT2D eigenvalue weighted by atomic mass is 16.6. The van der Waals surface area contributed by atoms with Crippen molar-refractivity contribution in [3.8, 4) is 0 Å². The van der Waals surface area contributed by atoms with Crippen molar-refractivity contribution in [2.45, 2.75) is 45.8 Å². The predicted octanol–water partition coefficient (Wildman–Crippen LogP) is 1.61. The van der Waals surface area contributed by atoms with Crippen LogP contribution < -0.4 is 0 Å². The van der Waals surface area contributed by atoms with Crippen LogP contribution in [0.5, 0.6) is 0 Å². The van der Waals surface area contributed by atoms with Gasteiger partial charge in [0, 0.05) is 20.8 Å². The lowest BCUT2D eigenvalue weighted by Crippen LogP contribution is -2.42. The van der Waals surface area contributed by atoms with Crippen LogP contribution in [0.2, 0.25) is 0 Å². The van der Waals surface area contributed by atoms with E-state index in [4.69, 9.17) is 9.47 Å². The van der Waals surface area contributed by atoms with E-state index in [1.807, 2.05) is 30.3 Å². The summed E-state index contributed by atoms with van der Waals surface area (Å²) in [5.41, 5.74) is 0.980. The van der Waals surface area contributed by atoms with Crippen LogP contribution in [0.4, 0.5) is 0 Å². The molecule has 0 fully saturated rings. The summed E-state index contributed by atoms with van der Waals surface area (Å²) in [5, 5.41) is 0. The molecule has 136 valence electrons. The highest BCUT2D eigenvalue weighted by Crippen LogP contribution is 2.15. The molecule has 0 N–H and O–H groups in total. The summed E-state index contributed by atoms with van der Waals surface area (Å²) in [6, 6.07) is 9.40. The van der Waals surface area contributed by atoms with Crippen molar-refractivity contribution in [2.75, 3.05) is 6.61 Å². The number of ether oxygens (including phenoxy) is 3. The summed E-state index contributed by atoms with van der Waals surface area (Å²) in [7, 11) is 0. The zero-order valence-corrected chi connectivity index (χ0v) is 14.5. The standard InChI is InChI=1S/C18H22O7/c1-12(19)23-11-16(22)18(25-14(3)21)17(24-13(2)20)10-9-15-7-5-4-6-8-15/h4-8,17-18H,9-11H2,1-3H3/t17-,18-/m0/s1. The topological polar surface area (TPSA) is 96.0 Å². The number of carbonyl (C=O) groups is 4. The number of benzene rings is 1. The minimum absolute atomic E-state index is 0.271. The first-order valence-corrected chi connectivity index (χ1v) is 7.84. The third-order valence-electron chi connectivity index (χ3n) is 3.24. The normalized spacial score (nSPS) is 12.6. The molecular formula is C18H22O7. The molecule has 0 heterocycles. The van der Waals surface area contributed by atoms with Crippen molar-refractivity contribution < 1.29 is 33.4 Å². The second-order valence-electron chi connectivity index (χ2n) is 5.45. The van der Waals surface area contributed by atoms with Gasteiger partial charge in [0.1, 0.15) is 6.10 Å². The Balaban J connectivity index is 2.89. The maximum absolute atomic E-state index is 12.3. The molecule has 1 rings (SSSR count). The van der Waals surface area contributed by atoms with Crippen LogP contribution in [0.1, 0.15) is 32.8 Å². The summed E-state index contributed by atoms with van der Waals surface area (Å²) in [6.45, 7) is 2.95. The largest absolute Gasteiger partial charge is 0.458 e. The van der Waals surface area contributed by atoms with Gasteiger partial charge in [-0.05, 0) is 18.4 Å². The van der Waals surface area contributed by atoms with E-state index in [1.165, 1.54) is 6.92 Å². The number of Topliss-reactive ketones (excluding diaryl/α,β-unsaturated/α-hetero) is 1. The molecule has 0 unspecified atom stereocenters. The smallest absolute Gasteiger partial charge is 0.303 e.